The smallest absolute Gasteiger partial charge is 0.257 e. The van der Waals surface area contributed by atoms with Crippen LogP contribution in [-0.4, -0.2) is 40.1 Å². The fraction of sp³-hybridized carbons (Fsp3) is 0.533. The fourth-order valence-corrected chi connectivity index (χ4v) is 2.82. The van der Waals surface area contributed by atoms with Gasteiger partial charge in [0.25, 0.3) is 5.89 Å². The van der Waals surface area contributed by atoms with E-state index in [1.165, 1.54) is 0 Å². The minimum Gasteiger partial charge on any atom is -0.419 e. The summed E-state index contributed by atoms with van der Waals surface area (Å²) < 4.78 is 5.71. The third-order valence-corrected chi connectivity index (χ3v) is 4.18. The Kier molecular flexibility index (Phi) is 6.09. The maximum absolute atomic E-state index is 12.0. The van der Waals surface area contributed by atoms with E-state index in [-0.39, 0.29) is 11.9 Å². The lowest BCUT2D eigenvalue weighted by Gasteiger charge is -2.26. The second-order valence-electron chi connectivity index (χ2n) is 5.02. The molecule has 1 amide bonds. The van der Waals surface area contributed by atoms with Gasteiger partial charge in [-0.15, -0.1) is 21.5 Å². The molecule has 0 radical (unpaired) electrons. The molecular weight excluding hydrogens is 300 g/mol. The summed E-state index contributed by atoms with van der Waals surface area (Å²) in [6.45, 7) is 7.81. The number of thiophene rings is 1. The van der Waals surface area contributed by atoms with Crippen molar-refractivity contribution in [2.45, 2.75) is 39.8 Å². The molecule has 1 atom stereocenters. The largest absolute Gasteiger partial charge is 0.419 e. The summed E-state index contributed by atoms with van der Waals surface area (Å²) in [6, 6.07) is 3.67. The molecule has 7 heteroatoms. The van der Waals surface area contributed by atoms with Crippen molar-refractivity contribution in [2.24, 2.45) is 0 Å². The van der Waals surface area contributed by atoms with E-state index < -0.39 is 0 Å². The first-order chi connectivity index (χ1) is 10.7. The van der Waals surface area contributed by atoms with Crippen LogP contribution >= 0.6 is 11.3 Å². The number of carbonyl (C=O) groups excluding carboxylic acids is 1. The molecule has 2 rings (SSSR count). The van der Waals surface area contributed by atoms with Crippen molar-refractivity contribution in [3.63, 3.8) is 0 Å². The fourth-order valence-electron chi connectivity index (χ4n) is 2.18. The van der Waals surface area contributed by atoms with Gasteiger partial charge in [-0.25, -0.2) is 0 Å². The minimum absolute atomic E-state index is 0.0222. The van der Waals surface area contributed by atoms with Gasteiger partial charge < -0.3 is 9.73 Å². The molecule has 0 aromatic carbocycles. The molecule has 2 heterocycles. The molecule has 0 aliphatic heterocycles. The van der Waals surface area contributed by atoms with Crippen LogP contribution in [0.4, 0.5) is 0 Å². The Balaban J connectivity index is 2.06. The first-order valence-electron chi connectivity index (χ1n) is 7.53. The number of rotatable bonds is 8. The zero-order chi connectivity index (χ0) is 15.9. The molecule has 0 aliphatic carbocycles. The topological polar surface area (TPSA) is 71.3 Å². The first kappa shape index (κ1) is 16.6. The van der Waals surface area contributed by atoms with E-state index in [1.807, 2.05) is 31.4 Å². The van der Waals surface area contributed by atoms with E-state index in [0.29, 0.717) is 24.9 Å². The second kappa shape index (κ2) is 8.05. The summed E-state index contributed by atoms with van der Waals surface area (Å²) in [5.74, 6) is 1.09. The predicted octanol–water partition coefficient (Wildman–Crippen LogP) is 2.53. The van der Waals surface area contributed by atoms with E-state index in [0.717, 1.165) is 17.8 Å². The van der Waals surface area contributed by atoms with E-state index in [9.17, 15) is 4.79 Å². The second-order valence-corrected chi connectivity index (χ2v) is 5.97. The molecule has 0 fully saturated rings. The SMILES string of the molecule is CCCN(Cc1nnc(-c2cccs2)o1)[C@H](C)C(=O)NCC. The van der Waals surface area contributed by atoms with Crippen LogP contribution in [0.1, 0.15) is 33.1 Å². The Labute approximate surface area is 134 Å². The zero-order valence-corrected chi connectivity index (χ0v) is 14.0. The van der Waals surface area contributed by atoms with Crippen LogP contribution in [0.3, 0.4) is 0 Å². The van der Waals surface area contributed by atoms with Gasteiger partial charge in [0.2, 0.25) is 11.8 Å². The summed E-state index contributed by atoms with van der Waals surface area (Å²) in [5, 5.41) is 13.0. The average molecular weight is 322 g/mol. The molecule has 0 saturated carbocycles. The molecule has 2 aromatic rings. The van der Waals surface area contributed by atoms with Crippen molar-refractivity contribution in [1.82, 2.24) is 20.4 Å². The van der Waals surface area contributed by atoms with Gasteiger partial charge in [-0.05, 0) is 38.3 Å². The number of hydrogen-bond donors (Lipinski definition) is 1. The molecule has 1 N–H and O–H groups in total. The Morgan fingerprint density at radius 2 is 2.27 bits per heavy atom. The van der Waals surface area contributed by atoms with Gasteiger partial charge in [0.05, 0.1) is 17.5 Å². The Bertz CT molecular complexity index is 582. The van der Waals surface area contributed by atoms with E-state index >= 15 is 0 Å². The number of hydrogen-bond acceptors (Lipinski definition) is 6. The van der Waals surface area contributed by atoms with Gasteiger partial charge in [-0.3, -0.25) is 9.69 Å². The van der Waals surface area contributed by atoms with Gasteiger partial charge in [0, 0.05) is 6.54 Å². The molecule has 0 spiro atoms. The zero-order valence-electron chi connectivity index (χ0n) is 13.2. The highest BCUT2D eigenvalue weighted by Gasteiger charge is 2.22. The molecule has 120 valence electrons. The van der Waals surface area contributed by atoms with E-state index in [2.05, 4.69) is 27.3 Å². The summed E-state index contributed by atoms with van der Waals surface area (Å²) in [4.78, 5) is 15.0. The van der Waals surface area contributed by atoms with Crippen molar-refractivity contribution in [3.8, 4) is 10.8 Å². The van der Waals surface area contributed by atoms with Crippen LogP contribution in [-0.2, 0) is 11.3 Å². The van der Waals surface area contributed by atoms with E-state index in [1.54, 1.807) is 11.3 Å². The van der Waals surface area contributed by atoms with Gasteiger partial charge >= 0.3 is 0 Å². The third kappa shape index (κ3) is 4.14. The van der Waals surface area contributed by atoms with E-state index in [4.69, 9.17) is 4.42 Å². The number of amides is 1. The normalized spacial score (nSPS) is 12.5. The highest BCUT2D eigenvalue weighted by atomic mass is 32.1. The van der Waals surface area contributed by atoms with Crippen LogP contribution in [0.15, 0.2) is 21.9 Å². The van der Waals surface area contributed by atoms with Crippen LogP contribution in [0, 0.1) is 0 Å². The van der Waals surface area contributed by atoms with Gasteiger partial charge in [-0.2, -0.15) is 0 Å². The summed E-state index contributed by atoms with van der Waals surface area (Å²) in [7, 11) is 0. The van der Waals surface area contributed by atoms with Gasteiger partial charge in [0.1, 0.15) is 0 Å². The summed E-state index contributed by atoms with van der Waals surface area (Å²) >= 11 is 1.56. The number of nitrogens with one attached hydrogen (secondary N) is 1. The quantitative estimate of drug-likeness (QED) is 0.808. The molecule has 0 saturated heterocycles. The van der Waals surface area contributed by atoms with Gasteiger partial charge in [0.15, 0.2) is 0 Å². The van der Waals surface area contributed by atoms with Crippen molar-refractivity contribution in [1.29, 1.82) is 0 Å². The first-order valence-corrected chi connectivity index (χ1v) is 8.41. The number of aromatic nitrogens is 2. The lowest BCUT2D eigenvalue weighted by atomic mass is 10.2. The van der Waals surface area contributed by atoms with Crippen molar-refractivity contribution in [3.05, 3.63) is 23.4 Å². The summed E-state index contributed by atoms with van der Waals surface area (Å²) in [6.07, 6.45) is 0.954. The lowest BCUT2D eigenvalue weighted by Crippen LogP contribution is -2.45. The molecule has 2 aromatic heterocycles. The predicted molar refractivity (Wildman–Crippen MR) is 86.5 cm³/mol. The summed E-state index contributed by atoms with van der Waals surface area (Å²) in [5.41, 5.74) is 0. The third-order valence-electron chi connectivity index (χ3n) is 3.33. The Morgan fingerprint density at radius 3 is 2.91 bits per heavy atom. The van der Waals surface area contributed by atoms with Crippen molar-refractivity contribution < 1.29 is 9.21 Å². The molecule has 0 unspecified atom stereocenters. The van der Waals surface area contributed by atoms with Crippen LogP contribution < -0.4 is 5.32 Å². The number of carbonyl (C=O) groups is 1. The Morgan fingerprint density at radius 1 is 1.45 bits per heavy atom. The Hall–Kier alpha value is -1.73. The number of likely N-dealkylation sites (N-methyl/N-ethyl adjacent to an activating group) is 1. The lowest BCUT2D eigenvalue weighted by molar-refractivity contribution is -0.126. The maximum Gasteiger partial charge on any atom is 0.257 e. The van der Waals surface area contributed by atoms with Crippen LogP contribution in [0.2, 0.25) is 0 Å². The van der Waals surface area contributed by atoms with Crippen LogP contribution in [0.25, 0.3) is 10.8 Å². The van der Waals surface area contributed by atoms with Gasteiger partial charge in [-0.1, -0.05) is 13.0 Å². The average Bonchev–Trinajstić information content (AvgIpc) is 3.17. The maximum atomic E-state index is 12.0. The highest BCUT2D eigenvalue weighted by molar-refractivity contribution is 7.13. The molecule has 0 aliphatic rings. The van der Waals surface area contributed by atoms with Crippen molar-refractivity contribution in [2.75, 3.05) is 13.1 Å². The number of nitrogens with zero attached hydrogens (tertiary/aromatic N) is 3. The van der Waals surface area contributed by atoms with Crippen LogP contribution in [0.5, 0.6) is 0 Å². The standard InChI is InChI=1S/C15H22N4O2S/c1-4-8-19(11(3)14(20)16-5-2)10-13-17-18-15(21-13)12-7-6-9-22-12/h6-7,9,11H,4-5,8,10H2,1-3H3,(H,16,20)/t11-/m1/s1. The highest BCUT2D eigenvalue weighted by Crippen LogP contribution is 2.23. The molecular formula is C15H22N4O2S. The molecule has 6 nitrogen and oxygen atoms in total. The minimum atomic E-state index is -0.225. The monoisotopic (exact) mass is 322 g/mol. The van der Waals surface area contributed by atoms with Crippen molar-refractivity contribution >= 4 is 17.2 Å². The molecule has 0 bridgehead atoms. The molecule has 22 heavy (non-hydrogen) atoms.